The average molecular weight is 313 g/mol. The number of hydrogen-bond acceptors (Lipinski definition) is 3. The molecule has 0 spiro atoms. The van der Waals surface area contributed by atoms with Gasteiger partial charge in [0.25, 0.3) is 0 Å². The summed E-state index contributed by atoms with van der Waals surface area (Å²) < 4.78 is 0. The van der Waals surface area contributed by atoms with Crippen LogP contribution in [0.3, 0.4) is 0 Å². The molecule has 1 atom stereocenters. The second kappa shape index (κ2) is 9.53. The minimum atomic E-state index is -0.0936. The molecule has 5 heteroatoms. The number of Topliss-reactive ketones (excluding diaryl/α,β-unsaturated/α-hetero) is 1. The summed E-state index contributed by atoms with van der Waals surface area (Å²) in [6, 6.07) is 5.80. The quantitative estimate of drug-likeness (QED) is 0.759. The Bertz CT molecular complexity index is 489. The topological polar surface area (TPSA) is 72.2 Å². The Labute approximate surface area is 132 Å². The van der Waals surface area contributed by atoms with E-state index in [9.17, 15) is 9.59 Å². The van der Waals surface area contributed by atoms with E-state index >= 15 is 0 Å². The average Bonchev–Trinajstić information content (AvgIpc) is 2.44. The highest BCUT2D eigenvalue weighted by Crippen LogP contribution is 2.13. The van der Waals surface area contributed by atoms with Crippen molar-refractivity contribution in [3.63, 3.8) is 0 Å². The number of amides is 1. The van der Waals surface area contributed by atoms with Crippen LogP contribution in [0.1, 0.15) is 41.3 Å². The molecule has 0 aromatic heterocycles. The minimum absolute atomic E-state index is 0. The first-order chi connectivity index (χ1) is 9.43. The molecule has 1 aromatic rings. The number of benzene rings is 1. The molecule has 0 aliphatic carbocycles. The summed E-state index contributed by atoms with van der Waals surface area (Å²) in [7, 11) is 0. The third-order valence-corrected chi connectivity index (χ3v) is 3.32. The number of halogens is 1. The van der Waals surface area contributed by atoms with E-state index in [-0.39, 0.29) is 42.9 Å². The van der Waals surface area contributed by atoms with Gasteiger partial charge in [0, 0.05) is 24.9 Å². The Morgan fingerprint density at radius 2 is 1.90 bits per heavy atom. The lowest BCUT2D eigenvalue weighted by Gasteiger charge is -2.10. The smallest absolute Gasteiger partial charge is 0.220 e. The predicted octanol–water partition coefficient (Wildman–Crippen LogP) is 2.40. The van der Waals surface area contributed by atoms with Crippen LogP contribution in [0, 0.1) is 19.8 Å². The van der Waals surface area contributed by atoms with Crippen molar-refractivity contribution in [2.45, 2.75) is 33.6 Å². The van der Waals surface area contributed by atoms with Gasteiger partial charge in [0.15, 0.2) is 5.78 Å². The Balaban J connectivity index is 0.00000400. The van der Waals surface area contributed by atoms with E-state index in [1.165, 1.54) is 0 Å². The maximum Gasteiger partial charge on any atom is 0.220 e. The molecule has 1 rings (SSSR count). The highest BCUT2D eigenvalue weighted by molar-refractivity contribution is 5.99. The van der Waals surface area contributed by atoms with Crippen molar-refractivity contribution in [3.8, 4) is 0 Å². The summed E-state index contributed by atoms with van der Waals surface area (Å²) in [6.07, 6.45) is 0.469. The second-order valence-electron chi connectivity index (χ2n) is 5.39. The van der Waals surface area contributed by atoms with Gasteiger partial charge >= 0.3 is 0 Å². The normalized spacial score (nSPS) is 11.4. The lowest BCUT2D eigenvalue weighted by atomic mass is 9.99. The lowest BCUT2D eigenvalue weighted by molar-refractivity contribution is -0.121. The van der Waals surface area contributed by atoms with E-state index in [1.54, 1.807) is 0 Å². The fourth-order valence-corrected chi connectivity index (χ4v) is 1.86. The predicted molar refractivity (Wildman–Crippen MR) is 88.0 cm³/mol. The molecular formula is C16H25ClN2O2. The zero-order valence-corrected chi connectivity index (χ0v) is 13.8. The van der Waals surface area contributed by atoms with Crippen LogP contribution in [-0.4, -0.2) is 24.8 Å². The molecule has 118 valence electrons. The summed E-state index contributed by atoms with van der Waals surface area (Å²) in [6.45, 7) is 6.95. The van der Waals surface area contributed by atoms with Crippen molar-refractivity contribution >= 4 is 24.1 Å². The van der Waals surface area contributed by atoms with Gasteiger partial charge < -0.3 is 11.1 Å². The third-order valence-electron chi connectivity index (χ3n) is 3.32. The van der Waals surface area contributed by atoms with E-state index in [4.69, 9.17) is 5.73 Å². The Morgan fingerprint density at radius 1 is 1.24 bits per heavy atom. The first kappa shape index (κ1) is 19.6. The van der Waals surface area contributed by atoms with Gasteiger partial charge in [-0.05, 0) is 37.9 Å². The molecule has 0 bridgehead atoms. The standard InChI is InChI=1S/C16H24N2O2.ClH/c1-11-4-5-13(3)14(8-11)15(19)6-7-16(20)18-10-12(2)9-17;/h4-5,8,12H,6-7,9-10,17H2,1-3H3,(H,18,20);1H. The van der Waals surface area contributed by atoms with Gasteiger partial charge in [0.1, 0.15) is 0 Å². The molecule has 1 amide bonds. The SMILES string of the molecule is Cc1ccc(C)c(C(=O)CCC(=O)NCC(C)CN)c1.Cl. The number of ketones is 1. The van der Waals surface area contributed by atoms with E-state index in [0.717, 1.165) is 11.1 Å². The zero-order chi connectivity index (χ0) is 15.1. The number of carbonyl (C=O) groups excluding carboxylic acids is 2. The fourth-order valence-electron chi connectivity index (χ4n) is 1.86. The molecule has 0 aliphatic heterocycles. The van der Waals surface area contributed by atoms with Gasteiger partial charge in [-0.25, -0.2) is 0 Å². The van der Waals surface area contributed by atoms with Crippen LogP contribution >= 0.6 is 12.4 Å². The van der Waals surface area contributed by atoms with E-state index in [2.05, 4.69) is 5.32 Å². The summed E-state index contributed by atoms with van der Waals surface area (Å²) in [5.74, 6) is 0.186. The number of nitrogens with two attached hydrogens (primary N) is 1. The van der Waals surface area contributed by atoms with E-state index < -0.39 is 0 Å². The van der Waals surface area contributed by atoms with Crippen molar-refractivity contribution in [2.24, 2.45) is 11.7 Å². The first-order valence-corrected chi connectivity index (χ1v) is 7.01. The van der Waals surface area contributed by atoms with Crippen LogP contribution in [-0.2, 0) is 4.79 Å². The van der Waals surface area contributed by atoms with Gasteiger partial charge in [0.2, 0.25) is 5.91 Å². The summed E-state index contributed by atoms with van der Waals surface area (Å²) in [5.41, 5.74) is 8.21. The van der Waals surface area contributed by atoms with Gasteiger partial charge in [-0.15, -0.1) is 12.4 Å². The molecular weight excluding hydrogens is 288 g/mol. The number of aryl methyl sites for hydroxylation is 2. The molecule has 3 N–H and O–H groups in total. The fraction of sp³-hybridized carbons (Fsp3) is 0.500. The molecule has 0 aliphatic rings. The molecule has 1 aromatic carbocycles. The number of rotatable bonds is 7. The number of hydrogen-bond donors (Lipinski definition) is 2. The highest BCUT2D eigenvalue weighted by atomic mass is 35.5. The Morgan fingerprint density at radius 3 is 2.52 bits per heavy atom. The summed E-state index contributed by atoms with van der Waals surface area (Å²) >= 11 is 0. The van der Waals surface area contributed by atoms with Crippen molar-refractivity contribution in [2.75, 3.05) is 13.1 Å². The van der Waals surface area contributed by atoms with Crippen molar-refractivity contribution in [1.82, 2.24) is 5.32 Å². The van der Waals surface area contributed by atoms with Gasteiger partial charge in [-0.1, -0.05) is 24.6 Å². The van der Waals surface area contributed by atoms with Crippen LogP contribution < -0.4 is 11.1 Å². The van der Waals surface area contributed by atoms with Crippen LogP contribution in [0.4, 0.5) is 0 Å². The number of nitrogens with one attached hydrogen (secondary N) is 1. The summed E-state index contributed by atoms with van der Waals surface area (Å²) in [4.78, 5) is 23.8. The zero-order valence-electron chi connectivity index (χ0n) is 12.9. The molecule has 0 saturated carbocycles. The van der Waals surface area contributed by atoms with Crippen LogP contribution in [0.5, 0.6) is 0 Å². The molecule has 0 fully saturated rings. The van der Waals surface area contributed by atoms with E-state index in [0.29, 0.717) is 18.7 Å². The summed E-state index contributed by atoms with van der Waals surface area (Å²) in [5, 5.41) is 2.80. The second-order valence-corrected chi connectivity index (χ2v) is 5.39. The Kier molecular flexibility index (Phi) is 8.90. The van der Waals surface area contributed by atoms with Crippen LogP contribution in [0.2, 0.25) is 0 Å². The first-order valence-electron chi connectivity index (χ1n) is 7.01. The largest absolute Gasteiger partial charge is 0.356 e. The third kappa shape index (κ3) is 6.74. The van der Waals surface area contributed by atoms with Gasteiger partial charge in [-0.3, -0.25) is 9.59 Å². The van der Waals surface area contributed by atoms with Crippen molar-refractivity contribution in [1.29, 1.82) is 0 Å². The lowest BCUT2D eigenvalue weighted by Crippen LogP contribution is -2.31. The molecule has 0 heterocycles. The Hall–Kier alpha value is -1.39. The van der Waals surface area contributed by atoms with Gasteiger partial charge in [-0.2, -0.15) is 0 Å². The van der Waals surface area contributed by atoms with E-state index in [1.807, 2.05) is 39.0 Å². The monoisotopic (exact) mass is 312 g/mol. The molecule has 4 nitrogen and oxygen atoms in total. The van der Waals surface area contributed by atoms with Crippen LogP contribution in [0.15, 0.2) is 18.2 Å². The molecule has 0 saturated heterocycles. The molecule has 0 radical (unpaired) electrons. The van der Waals surface area contributed by atoms with Gasteiger partial charge in [0.05, 0.1) is 0 Å². The van der Waals surface area contributed by atoms with Crippen molar-refractivity contribution < 1.29 is 9.59 Å². The van der Waals surface area contributed by atoms with Crippen molar-refractivity contribution in [3.05, 3.63) is 34.9 Å². The molecule has 21 heavy (non-hydrogen) atoms. The number of carbonyl (C=O) groups is 2. The maximum absolute atomic E-state index is 12.1. The highest BCUT2D eigenvalue weighted by Gasteiger charge is 2.12. The maximum atomic E-state index is 12.1. The molecule has 1 unspecified atom stereocenters. The van der Waals surface area contributed by atoms with Crippen LogP contribution in [0.25, 0.3) is 0 Å². The minimum Gasteiger partial charge on any atom is -0.356 e.